The van der Waals surface area contributed by atoms with E-state index in [2.05, 4.69) is 42.3 Å². The van der Waals surface area contributed by atoms with Gasteiger partial charge in [0.25, 0.3) is 0 Å². The Morgan fingerprint density at radius 3 is 2.52 bits per heavy atom. The van der Waals surface area contributed by atoms with E-state index in [0.29, 0.717) is 6.54 Å². The molecule has 1 aliphatic rings. The Kier molecular flexibility index (Phi) is 6.27. The van der Waals surface area contributed by atoms with Crippen LogP contribution in [-0.4, -0.2) is 23.9 Å². The van der Waals surface area contributed by atoms with E-state index >= 15 is 0 Å². The monoisotopic (exact) mass is 368 g/mol. The quantitative estimate of drug-likeness (QED) is 0.841. The number of likely N-dealkylation sites (tertiary alicyclic amines) is 1. The summed E-state index contributed by atoms with van der Waals surface area (Å²) >= 11 is 0. The maximum Gasteiger partial charge on any atom is 0.223 e. The number of piperidine rings is 1. The van der Waals surface area contributed by atoms with Crippen molar-refractivity contribution in [3.05, 3.63) is 70.5 Å². The molecule has 1 aliphatic heterocycles. The molecule has 3 nitrogen and oxygen atoms in total. The van der Waals surface area contributed by atoms with Crippen molar-refractivity contribution in [3.63, 3.8) is 0 Å². The number of halogens is 1. The lowest BCUT2D eigenvalue weighted by molar-refractivity contribution is -0.127. The van der Waals surface area contributed by atoms with Crippen molar-refractivity contribution in [3.8, 4) is 0 Å². The summed E-state index contributed by atoms with van der Waals surface area (Å²) in [5.74, 6) is 0.0155. The fourth-order valence-corrected chi connectivity index (χ4v) is 3.67. The molecule has 0 aromatic heterocycles. The fraction of sp³-hybridized carbons (Fsp3) is 0.435. The van der Waals surface area contributed by atoms with Gasteiger partial charge in [0, 0.05) is 18.0 Å². The van der Waals surface area contributed by atoms with Gasteiger partial charge in [0.15, 0.2) is 0 Å². The fourth-order valence-electron chi connectivity index (χ4n) is 3.67. The van der Waals surface area contributed by atoms with Gasteiger partial charge in [-0.05, 0) is 69.5 Å². The van der Waals surface area contributed by atoms with Crippen LogP contribution in [0.15, 0.2) is 42.5 Å². The number of nitrogens with one attached hydrogen (secondary N) is 1. The molecule has 3 rings (SSSR count). The molecule has 0 saturated carbocycles. The van der Waals surface area contributed by atoms with Crippen LogP contribution in [0.1, 0.15) is 48.1 Å². The lowest BCUT2D eigenvalue weighted by atomic mass is 9.94. The minimum absolute atomic E-state index is 0.00763. The number of carbonyl (C=O) groups excluding carboxylic acids is 1. The Balaban J connectivity index is 1.51. The van der Waals surface area contributed by atoms with Crippen molar-refractivity contribution < 1.29 is 9.18 Å². The number of amides is 1. The maximum atomic E-state index is 13.8. The van der Waals surface area contributed by atoms with Crippen molar-refractivity contribution in [2.24, 2.45) is 5.92 Å². The van der Waals surface area contributed by atoms with Crippen LogP contribution >= 0.6 is 0 Å². The predicted octanol–water partition coefficient (Wildman–Crippen LogP) is 4.53. The molecule has 1 amide bonds. The van der Waals surface area contributed by atoms with E-state index < -0.39 is 0 Å². The first kappa shape index (κ1) is 19.6. The first-order valence-electron chi connectivity index (χ1n) is 9.77. The van der Waals surface area contributed by atoms with Gasteiger partial charge < -0.3 is 5.32 Å². The highest BCUT2D eigenvalue weighted by Crippen LogP contribution is 2.22. The van der Waals surface area contributed by atoms with Crippen LogP contribution in [0.2, 0.25) is 0 Å². The average molecular weight is 368 g/mol. The molecule has 0 radical (unpaired) electrons. The van der Waals surface area contributed by atoms with Crippen LogP contribution in [0.3, 0.4) is 0 Å². The minimum Gasteiger partial charge on any atom is -0.349 e. The van der Waals surface area contributed by atoms with E-state index in [0.717, 1.165) is 37.1 Å². The van der Waals surface area contributed by atoms with Crippen LogP contribution in [0.5, 0.6) is 0 Å². The Morgan fingerprint density at radius 2 is 1.85 bits per heavy atom. The Labute approximate surface area is 161 Å². The molecule has 0 spiro atoms. The molecule has 2 aromatic carbocycles. The predicted molar refractivity (Wildman–Crippen MR) is 107 cm³/mol. The van der Waals surface area contributed by atoms with Crippen molar-refractivity contribution in [1.29, 1.82) is 0 Å². The zero-order chi connectivity index (χ0) is 19.4. The van der Waals surface area contributed by atoms with Crippen LogP contribution in [0, 0.1) is 25.6 Å². The molecule has 27 heavy (non-hydrogen) atoms. The second kappa shape index (κ2) is 8.66. The summed E-state index contributed by atoms with van der Waals surface area (Å²) < 4.78 is 13.8. The van der Waals surface area contributed by atoms with Crippen molar-refractivity contribution >= 4 is 5.91 Å². The number of rotatable bonds is 5. The molecule has 0 unspecified atom stereocenters. The van der Waals surface area contributed by atoms with E-state index in [4.69, 9.17) is 0 Å². The van der Waals surface area contributed by atoms with Gasteiger partial charge >= 0.3 is 0 Å². The molecule has 4 heteroatoms. The third-order valence-electron chi connectivity index (χ3n) is 5.70. The Bertz CT molecular complexity index is 797. The van der Waals surface area contributed by atoms with Gasteiger partial charge in [0.2, 0.25) is 5.91 Å². The zero-order valence-electron chi connectivity index (χ0n) is 16.5. The highest BCUT2D eigenvalue weighted by atomic mass is 19.1. The van der Waals surface area contributed by atoms with Gasteiger partial charge in [-0.1, -0.05) is 36.4 Å². The molecule has 1 atom stereocenters. The van der Waals surface area contributed by atoms with Crippen molar-refractivity contribution in [2.45, 2.75) is 46.2 Å². The minimum atomic E-state index is -0.153. The maximum absolute atomic E-state index is 13.8. The van der Waals surface area contributed by atoms with Gasteiger partial charge in [-0.15, -0.1) is 0 Å². The number of benzene rings is 2. The van der Waals surface area contributed by atoms with Crippen LogP contribution in [0.25, 0.3) is 0 Å². The molecular weight excluding hydrogens is 339 g/mol. The molecule has 1 saturated heterocycles. The summed E-state index contributed by atoms with van der Waals surface area (Å²) in [5, 5.41) is 3.17. The van der Waals surface area contributed by atoms with E-state index in [1.54, 1.807) is 6.07 Å². The smallest absolute Gasteiger partial charge is 0.223 e. The lowest BCUT2D eigenvalue weighted by Gasteiger charge is -2.32. The van der Waals surface area contributed by atoms with Gasteiger partial charge in [-0.2, -0.15) is 0 Å². The molecule has 1 N–H and O–H groups in total. The van der Waals surface area contributed by atoms with Crippen LogP contribution in [-0.2, 0) is 11.3 Å². The van der Waals surface area contributed by atoms with E-state index in [1.165, 1.54) is 17.2 Å². The van der Waals surface area contributed by atoms with Crippen LogP contribution < -0.4 is 5.32 Å². The SMILES string of the molecule is Cc1ccc([C@H](C)NC(=O)C2CCN(Cc3ccccc3F)CC2)cc1C. The summed E-state index contributed by atoms with van der Waals surface area (Å²) in [6, 6.07) is 13.3. The van der Waals surface area contributed by atoms with E-state index in [-0.39, 0.29) is 23.7 Å². The van der Waals surface area contributed by atoms with E-state index in [9.17, 15) is 9.18 Å². The normalized spacial score (nSPS) is 16.9. The number of carbonyl (C=O) groups is 1. The molecule has 1 heterocycles. The molecule has 144 valence electrons. The summed E-state index contributed by atoms with van der Waals surface area (Å²) in [6.07, 6.45) is 1.64. The highest BCUT2D eigenvalue weighted by molar-refractivity contribution is 5.79. The topological polar surface area (TPSA) is 32.3 Å². The second-order valence-electron chi connectivity index (χ2n) is 7.72. The summed E-state index contributed by atoms with van der Waals surface area (Å²) in [7, 11) is 0. The number of hydrogen-bond donors (Lipinski definition) is 1. The van der Waals surface area contributed by atoms with Crippen molar-refractivity contribution in [1.82, 2.24) is 10.2 Å². The summed E-state index contributed by atoms with van der Waals surface area (Å²) in [5.41, 5.74) is 4.38. The number of nitrogens with zero attached hydrogens (tertiary/aromatic N) is 1. The Hall–Kier alpha value is -2.20. The third-order valence-corrected chi connectivity index (χ3v) is 5.70. The molecule has 2 aromatic rings. The molecule has 0 bridgehead atoms. The summed E-state index contributed by atoms with van der Waals surface area (Å²) in [4.78, 5) is 14.9. The van der Waals surface area contributed by atoms with Crippen molar-refractivity contribution in [2.75, 3.05) is 13.1 Å². The summed E-state index contributed by atoms with van der Waals surface area (Å²) in [6.45, 7) is 8.49. The zero-order valence-corrected chi connectivity index (χ0v) is 16.5. The molecule has 1 fully saturated rings. The largest absolute Gasteiger partial charge is 0.349 e. The second-order valence-corrected chi connectivity index (χ2v) is 7.72. The number of hydrogen-bond acceptors (Lipinski definition) is 2. The van der Waals surface area contributed by atoms with E-state index in [1.807, 2.05) is 19.1 Å². The Morgan fingerprint density at radius 1 is 1.15 bits per heavy atom. The van der Waals surface area contributed by atoms with Gasteiger partial charge in [0.05, 0.1) is 6.04 Å². The molecule has 0 aliphatic carbocycles. The standard InChI is InChI=1S/C23H29FN2O/c1-16-8-9-20(14-17(16)2)18(3)25-23(27)19-10-12-26(13-11-19)15-21-6-4-5-7-22(21)24/h4-9,14,18-19H,10-13,15H2,1-3H3,(H,25,27)/t18-/m0/s1. The molecular formula is C23H29FN2O. The van der Waals surface area contributed by atoms with Gasteiger partial charge in [-0.3, -0.25) is 9.69 Å². The number of aryl methyl sites for hydroxylation is 2. The first-order valence-corrected chi connectivity index (χ1v) is 9.77. The van der Waals surface area contributed by atoms with Gasteiger partial charge in [-0.25, -0.2) is 4.39 Å². The first-order chi connectivity index (χ1) is 12.9. The lowest BCUT2D eigenvalue weighted by Crippen LogP contribution is -2.41. The average Bonchev–Trinajstić information content (AvgIpc) is 2.66. The van der Waals surface area contributed by atoms with Gasteiger partial charge in [0.1, 0.15) is 5.82 Å². The third kappa shape index (κ3) is 4.95. The van der Waals surface area contributed by atoms with Crippen LogP contribution in [0.4, 0.5) is 4.39 Å². The highest BCUT2D eigenvalue weighted by Gasteiger charge is 2.26.